The second kappa shape index (κ2) is 7.73. The van der Waals surface area contributed by atoms with Crippen LogP contribution in [0.15, 0.2) is 40.8 Å². The van der Waals surface area contributed by atoms with Gasteiger partial charge in [-0.15, -0.1) is 10.2 Å². The Morgan fingerprint density at radius 1 is 1.10 bits per heavy atom. The number of methoxy groups -OCH3 is 1. The number of halogens is 3. The molecule has 0 radical (unpaired) electrons. The van der Waals surface area contributed by atoms with E-state index in [4.69, 9.17) is 13.9 Å². The SMILES string of the molecule is COc1ccc(OCc2ccc(C(=O)N3CCn4c(nnc4C(F)(F)F)C3)o2)cc1. The van der Waals surface area contributed by atoms with Crippen molar-refractivity contribution in [3.05, 3.63) is 59.6 Å². The molecule has 30 heavy (non-hydrogen) atoms. The zero-order chi connectivity index (χ0) is 21.3. The highest BCUT2D eigenvalue weighted by Crippen LogP contribution is 2.29. The van der Waals surface area contributed by atoms with Gasteiger partial charge in [0.15, 0.2) is 11.6 Å². The van der Waals surface area contributed by atoms with Crippen molar-refractivity contribution in [3.8, 4) is 11.5 Å². The van der Waals surface area contributed by atoms with Crippen molar-refractivity contribution in [2.45, 2.75) is 25.9 Å². The van der Waals surface area contributed by atoms with Gasteiger partial charge in [-0.2, -0.15) is 13.2 Å². The minimum Gasteiger partial charge on any atom is -0.497 e. The Kier molecular flexibility index (Phi) is 5.10. The van der Waals surface area contributed by atoms with Crippen molar-refractivity contribution in [3.63, 3.8) is 0 Å². The molecule has 1 aliphatic rings. The lowest BCUT2D eigenvalue weighted by Gasteiger charge is -2.27. The molecule has 0 unspecified atom stereocenters. The van der Waals surface area contributed by atoms with Crippen LogP contribution < -0.4 is 9.47 Å². The van der Waals surface area contributed by atoms with Crippen LogP contribution in [0.1, 0.15) is 28.0 Å². The molecule has 0 N–H and O–H groups in total. The molecular weight excluding hydrogens is 405 g/mol. The molecule has 0 atom stereocenters. The highest BCUT2D eigenvalue weighted by molar-refractivity contribution is 5.91. The number of nitrogens with zero attached hydrogens (tertiary/aromatic N) is 4. The van der Waals surface area contributed by atoms with E-state index in [2.05, 4.69) is 10.2 Å². The topological polar surface area (TPSA) is 82.6 Å². The molecule has 3 aromatic rings. The number of furan rings is 1. The van der Waals surface area contributed by atoms with Crippen molar-refractivity contribution >= 4 is 5.91 Å². The fraction of sp³-hybridized carbons (Fsp3) is 0.316. The maximum absolute atomic E-state index is 12.9. The van der Waals surface area contributed by atoms with Crippen molar-refractivity contribution in [2.75, 3.05) is 13.7 Å². The molecule has 0 aliphatic carbocycles. The number of carbonyl (C=O) groups is 1. The van der Waals surface area contributed by atoms with E-state index < -0.39 is 17.9 Å². The van der Waals surface area contributed by atoms with Crippen molar-refractivity contribution < 1.29 is 31.9 Å². The molecule has 3 heterocycles. The van der Waals surface area contributed by atoms with Crippen LogP contribution in [-0.2, 0) is 25.9 Å². The van der Waals surface area contributed by atoms with Gasteiger partial charge in [0.2, 0.25) is 5.82 Å². The second-order valence-corrected chi connectivity index (χ2v) is 6.55. The van der Waals surface area contributed by atoms with Gasteiger partial charge in [0.1, 0.15) is 23.9 Å². The van der Waals surface area contributed by atoms with Crippen LogP contribution >= 0.6 is 0 Å². The monoisotopic (exact) mass is 422 g/mol. The summed E-state index contributed by atoms with van der Waals surface area (Å²) in [5.74, 6) is 0.413. The summed E-state index contributed by atoms with van der Waals surface area (Å²) in [4.78, 5) is 14.0. The summed E-state index contributed by atoms with van der Waals surface area (Å²) in [7, 11) is 1.57. The quantitative estimate of drug-likeness (QED) is 0.628. The van der Waals surface area contributed by atoms with Gasteiger partial charge in [-0.1, -0.05) is 0 Å². The molecule has 8 nitrogen and oxygen atoms in total. The third-order valence-electron chi connectivity index (χ3n) is 4.61. The molecule has 0 bridgehead atoms. The fourth-order valence-corrected chi connectivity index (χ4v) is 3.09. The normalized spacial score (nSPS) is 13.8. The minimum absolute atomic E-state index is 0.0446. The number of hydrogen-bond acceptors (Lipinski definition) is 6. The van der Waals surface area contributed by atoms with Gasteiger partial charge in [0.05, 0.1) is 13.7 Å². The van der Waals surface area contributed by atoms with Crippen molar-refractivity contribution in [1.82, 2.24) is 19.7 Å². The Morgan fingerprint density at radius 2 is 1.83 bits per heavy atom. The third kappa shape index (κ3) is 3.95. The standard InChI is InChI=1S/C19H17F3N4O4/c1-28-12-2-4-13(5-3-12)29-11-14-6-7-15(30-14)17(27)25-8-9-26-16(10-25)23-24-18(26)19(20,21)22/h2-7H,8-11H2,1H3. The van der Waals surface area contributed by atoms with Gasteiger partial charge in [0, 0.05) is 13.1 Å². The molecule has 1 aromatic carbocycles. The molecule has 2 aromatic heterocycles. The second-order valence-electron chi connectivity index (χ2n) is 6.55. The average Bonchev–Trinajstić information content (AvgIpc) is 3.38. The molecular formula is C19H17F3N4O4. The molecule has 0 saturated heterocycles. The summed E-state index contributed by atoms with van der Waals surface area (Å²) >= 11 is 0. The minimum atomic E-state index is -4.59. The van der Waals surface area contributed by atoms with Crippen LogP contribution in [0, 0.1) is 0 Å². The highest BCUT2D eigenvalue weighted by atomic mass is 19.4. The largest absolute Gasteiger partial charge is 0.497 e. The van der Waals surface area contributed by atoms with E-state index in [1.165, 1.54) is 11.0 Å². The highest BCUT2D eigenvalue weighted by Gasteiger charge is 2.40. The Morgan fingerprint density at radius 3 is 2.53 bits per heavy atom. The molecule has 0 spiro atoms. The van der Waals surface area contributed by atoms with E-state index in [1.807, 2.05) is 0 Å². The van der Waals surface area contributed by atoms with E-state index in [0.717, 1.165) is 4.57 Å². The maximum atomic E-state index is 12.9. The Labute approximate surface area is 168 Å². The van der Waals surface area contributed by atoms with Gasteiger partial charge in [-0.05, 0) is 36.4 Å². The first-order valence-corrected chi connectivity index (χ1v) is 8.99. The lowest BCUT2D eigenvalue weighted by molar-refractivity contribution is -0.147. The Balaban J connectivity index is 1.39. The summed E-state index contributed by atoms with van der Waals surface area (Å²) in [6.07, 6.45) is -4.59. The molecule has 11 heteroatoms. The maximum Gasteiger partial charge on any atom is 0.451 e. The van der Waals surface area contributed by atoms with Crippen LogP contribution in [0.3, 0.4) is 0 Å². The van der Waals surface area contributed by atoms with E-state index in [0.29, 0.717) is 17.3 Å². The van der Waals surface area contributed by atoms with Crippen LogP contribution in [0.4, 0.5) is 13.2 Å². The summed E-state index contributed by atoms with van der Waals surface area (Å²) in [6, 6.07) is 10.1. The zero-order valence-electron chi connectivity index (χ0n) is 15.8. The number of alkyl halides is 3. The average molecular weight is 422 g/mol. The van der Waals surface area contributed by atoms with Crippen LogP contribution in [-0.4, -0.2) is 39.2 Å². The molecule has 4 rings (SSSR count). The predicted octanol–water partition coefficient (Wildman–Crippen LogP) is 3.13. The summed E-state index contributed by atoms with van der Waals surface area (Å²) in [5.41, 5.74) is 0. The lowest BCUT2D eigenvalue weighted by Crippen LogP contribution is -2.39. The van der Waals surface area contributed by atoms with Crippen molar-refractivity contribution in [2.24, 2.45) is 0 Å². The van der Waals surface area contributed by atoms with Gasteiger partial charge in [-0.25, -0.2) is 0 Å². The summed E-state index contributed by atoms with van der Waals surface area (Å²) < 4.78 is 56.0. The number of amides is 1. The Hall–Kier alpha value is -3.50. The van der Waals surface area contributed by atoms with Crippen LogP contribution in [0.25, 0.3) is 0 Å². The van der Waals surface area contributed by atoms with Gasteiger partial charge >= 0.3 is 6.18 Å². The molecule has 0 fully saturated rings. The van der Waals surface area contributed by atoms with Crippen molar-refractivity contribution in [1.29, 1.82) is 0 Å². The van der Waals surface area contributed by atoms with Gasteiger partial charge in [-0.3, -0.25) is 4.79 Å². The molecule has 1 amide bonds. The third-order valence-corrected chi connectivity index (χ3v) is 4.61. The molecule has 158 valence electrons. The van der Waals surface area contributed by atoms with E-state index in [9.17, 15) is 18.0 Å². The number of aromatic nitrogens is 3. The number of fused-ring (bicyclic) bond motifs is 1. The van der Waals surface area contributed by atoms with Crippen LogP contribution in [0.5, 0.6) is 11.5 Å². The Bertz CT molecular complexity index is 1040. The fourth-order valence-electron chi connectivity index (χ4n) is 3.09. The predicted molar refractivity (Wildman–Crippen MR) is 95.8 cm³/mol. The van der Waals surface area contributed by atoms with E-state index in [-0.39, 0.29) is 37.8 Å². The summed E-state index contributed by atoms with van der Waals surface area (Å²) in [6.45, 7) is 0.0750. The number of carbonyl (C=O) groups excluding carboxylic acids is 1. The lowest BCUT2D eigenvalue weighted by atomic mass is 10.3. The molecule has 1 aliphatic heterocycles. The first-order valence-electron chi connectivity index (χ1n) is 8.99. The van der Waals surface area contributed by atoms with E-state index >= 15 is 0 Å². The number of rotatable bonds is 5. The first-order chi connectivity index (χ1) is 14.3. The number of ether oxygens (including phenoxy) is 2. The smallest absolute Gasteiger partial charge is 0.451 e. The van der Waals surface area contributed by atoms with Crippen LogP contribution in [0.2, 0.25) is 0 Å². The zero-order valence-corrected chi connectivity index (χ0v) is 15.8. The first kappa shape index (κ1) is 19.8. The van der Waals surface area contributed by atoms with E-state index in [1.54, 1.807) is 37.4 Å². The number of benzene rings is 1. The summed E-state index contributed by atoms with van der Waals surface area (Å²) in [5, 5.41) is 6.78. The number of hydrogen-bond donors (Lipinski definition) is 0. The van der Waals surface area contributed by atoms with Gasteiger partial charge in [0.25, 0.3) is 5.91 Å². The molecule has 0 saturated carbocycles. The van der Waals surface area contributed by atoms with Gasteiger partial charge < -0.3 is 23.4 Å².